The van der Waals surface area contributed by atoms with Crippen LogP contribution in [0.4, 0.5) is 0 Å². The minimum Gasteiger partial charge on any atom is -0.459 e. The van der Waals surface area contributed by atoms with Gasteiger partial charge in [-0.25, -0.2) is 0 Å². The van der Waals surface area contributed by atoms with Gasteiger partial charge in [0.15, 0.2) is 12.6 Å². The summed E-state index contributed by atoms with van der Waals surface area (Å²) in [5, 5.41) is 68.8. The number of likely N-dealkylation sites (N-methyl/N-ethyl adjacent to an activating group) is 2. The Morgan fingerprint density at radius 2 is 1.58 bits per heavy atom. The fraction of sp³-hybridized carbons (Fsp3) is 0.974. The van der Waals surface area contributed by atoms with E-state index in [1.165, 1.54) is 14.0 Å². The minimum absolute atomic E-state index is 0.00552. The van der Waals surface area contributed by atoms with Crippen LogP contribution in [0.2, 0.25) is 0 Å². The summed E-state index contributed by atoms with van der Waals surface area (Å²) in [5.41, 5.74) is -4.63. The lowest BCUT2D eigenvalue weighted by Gasteiger charge is -2.49. The maximum atomic E-state index is 14.2. The lowest BCUT2D eigenvalue weighted by atomic mass is 9.77. The third kappa shape index (κ3) is 10.5. The summed E-state index contributed by atoms with van der Waals surface area (Å²) in [7, 11) is 6.96. The highest BCUT2D eigenvalue weighted by Crippen LogP contribution is 2.40. The summed E-state index contributed by atoms with van der Waals surface area (Å²) in [4.78, 5) is 17.9. The number of rotatable bonds is 8. The largest absolute Gasteiger partial charge is 0.459 e. The highest BCUT2D eigenvalue weighted by molar-refractivity contribution is 5.73. The van der Waals surface area contributed by atoms with Gasteiger partial charge in [-0.1, -0.05) is 13.8 Å². The van der Waals surface area contributed by atoms with Crippen molar-refractivity contribution < 1.29 is 63.9 Å². The zero-order valence-corrected chi connectivity index (χ0v) is 34.3. The van der Waals surface area contributed by atoms with Gasteiger partial charge in [0.2, 0.25) is 0 Å². The second kappa shape index (κ2) is 18.5. The first kappa shape index (κ1) is 46.3. The van der Waals surface area contributed by atoms with Crippen molar-refractivity contribution in [2.45, 2.75) is 178 Å². The van der Waals surface area contributed by atoms with Crippen molar-refractivity contribution in [2.24, 2.45) is 17.8 Å². The van der Waals surface area contributed by atoms with Gasteiger partial charge < -0.3 is 68.9 Å². The Balaban J connectivity index is 2.20. The molecule has 3 rings (SSSR count). The van der Waals surface area contributed by atoms with Crippen LogP contribution < -0.4 is 0 Å². The van der Waals surface area contributed by atoms with Gasteiger partial charge in [-0.2, -0.15) is 0 Å². The summed E-state index contributed by atoms with van der Waals surface area (Å²) in [6, 6.07) is -0.958. The summed E-state index contributed by atoms with van der Waals surface area (Å²) in [5.74, 6) is -3.15. The van der Waals surface area contributed by atoms with E-state index in [9.17, 15) is 35.4 Å². The van der Waals surface area contributed by atoms with Crippen LogP contribution in [0.1, 0.15) is 88.0 Å². The van der Waals surface area contributed by atoms with Gasteiger partial charge in [0, 0.05) is 44.7 Å². The van der Waals surface area contributed by atoms with Crippen molar-refractivity contribution in [3.8, 4) is 0 Å². The van der Waals surface area contributed by atoms with E-state index < -0.39 is 102 Å². The van der Waals surface area contributed by atoms with Gasteiger partial charge in [0.05, 0.1) is 41.5 Å². The van der Waals surface area contributed by atoms with Crippen LogP contribution in [0, 0.1) is 17.8 Å². The maximum Gasteiger partial charge on any atom is 0.311 e. The summed E-state index contributed by atoms with van der Waals surface area (Å²) in [6.07, 6.45) is -9.07. The van der Waals surface area contributed by atoms with E-state index in [1.54, 1.807) is 60.4 Å². The molecular weight excluding hydrogens is 692 g/mol. The molecule has 312 valence electrons. The van der Waals surface area contributed by atoms with Gasteiger partial charge in [0.1, 0.15) is 30.0 Å². The number of carbonyl (C=O) groups excluding carboxylic acids is 1. The molecule has 0 saturated carbocycles. The number of aliphatic hydroxyl groups excluding tert-OH is 4. The molecule has 0 radical (unpaired) electrons. The smallest absolute Gasteiger partial charge is 0.311 e. The van der Waals surface area contributed by atoms with Crippen molar-refractivity contribution in [1.29, 1.82) is 0 Å². The first-order chi connectivity index (χ1) is 24.4. The molecule has 53 heavy (non-hydrogen) atoms. The molecular formula is C38H72N2O13. The Hall–Kier alpha value is -1.05. The van der Waals surface area contributed by atoms with Gasteiger partial charge in [-0.15, -0.1) is 0 Å². The van der Waals surface area contributed by atoms with Crippen molar-refractivity contribution in [2.75, 3.05) is 41.4 Å². The Bertz CT molecular complexity index is 1160. The van der Waals surface area contributed by atoms with Gasteiger partial charge in [-0.3, -0.25) is 4.79 Å². The predicted octanol–water partition coefficient (Wildman–Crippen LogP) is 0.873. The van der Waals surface area contributed by atoms with E-state index in [0.717, 1.165) is 0 Å². The Morgan fingerprint density at radius 3 is 2.13 bits per heavy atom. The van der Waals surface area contributed by atoms with E-state index in [-0.39, 0.29) is 44.6 Å². The normalized spacial score (nSPS) is 48.9. The molecule has 3 saturated heterocycles. The van der Waals surface area contributed by atoms with Crippen molar-refractivity contribution >= 4 is 5.97 Å². The monoisotopic (exact) mass is 765 g/mol. The lowest BCUT2D eigenvalue weighted by molar-refractivity contribution is -0.318. The van der Waals surface area contributed by atoms with E-state index in [2.05, 4.69) is 0 Å². The van der Waals surface area contributed by atoms with Crippen LogP contribution in [-0.2, 0) is 33.2 Å². The molecule has 0 aliphatic carbocycles. The average Bonchev–Trinajstić information content (AvgIpc) is 3.09. The number of esters is 1. The zero-order chi connectivity index (χ0) is 40.4. The number of nitrogens with zero attached hydrogens (tertiary/aromatic N) is 2. The Labute approximate surface area is 316 Å². The number of methoxy groups -OCH3 is 1. The van der Waals surface area contributed by atoms with Crippen LogP contribution >= 0.6 is 0 Å². The Morgan fingerprint density at radius 1 is 0.962 bits per heavy atom. The maximum absolute atomic E-state index is 14.2. The molecule has 3 aliphatic rings. The molecule has 0 aromatic rings. The van der Waals surface area contributed by atoms with Crippen LogP contribution in [0.15, 0.2) is 0 Å². The number of cyclic esters (lactones) is 1. The highest BCUT2D eigenvalue weighted by Gasteiger charge is 2.53. The quantitative estimate of drug-likeness (QED) is 0.190. The molecule has 18 atom stereocenters. The molecule has 3 aliphatic heterocycles. The summed E-state index contributed by atoms with van der Waals surface area (Å²) < 4.78 is 37.4. The number of hydrogen-bond donors (Lipinski definition) is 6. The standard InChI is InChI=1S/C38H72N2O13/c1-14-27-38(9,47)31(43)23(5)40(12)18-25(19-41)16-36(7,46)33(53-35-29(42)26(39(10)11)15-20(2)49-35)21(3)30(22(4)34(45)51-27)52-28-17-37(8,48-13)32(44)24(6)50-28/h20-33,35,41-44,46-47H,14-19H2,1-13H3/t20-,21+,22-,23-,24+,25-,26+,27-,28+,29-,30+,31-,32+,33-,35+,36-,37-,38-/m1/s1. The third-order valence-electron chi connectivity index (χ3n) is 12.4. The molecule has 0 spiro atoms. The second-order valence-electron chi connectivity index (χ2n) is 17.1. The van der Waals surface area contributed by atoms with E-state index >= 15 is 0 Å². The van der Waals surface area contributed by atoms with Crippen molar-refractivity contribution in [1.82, 2.24) is 9.80 Å². The molecule has 15 nitrogen and oxygen atoms in total. The fourth-order valence-electron chi connectivity index (χ4n) is 8.65. The molecule has 3 fully saturated rings. The van der Waals surface area contributed by atoms with E-state index in [4.69, 9.17) is 28.4 Å². The molecule has 3 heterocycles. The van der Waals surface area contributed by atoms with E-state index in [0.29, 0.717) is 6.42 Å². The fourth-order valence-corrected chi connectivity index (χ4v) is 8.65. The predicted molar refractivity (Wildman–Crippen MR) is 196 cm³/mol. The molecule has 0 bridgehead atoms. The first-order valence-corrected chi connectivity index (χ1v) is 19.3. The topological polar surface area (TPSA) is 200 Å². The minimum atomic E-state index is -1.86. The SMILES string of the molecule is CC[C@H]1OC(=O)[C@H](C)[C@@H](O[C@H]2C[C@@](C)(OC)[C@@H](O)[C@H](C)O2)[C@H](C)[C@@H](O[C@@H]2O[C@H](C)C[C@H](N(C)C)[C@H]2O)[C@](C)(O)C[C@@H](CO)CN(C)[C@H](C)[C@@H](O)[C@]1(C)O. The molecule has 0 amide bonds. The summed E-state index contributed by atoms with van der Waals surface area (Å²) >= 11 is 0. The number of ether oxygens (including phenoxy) is 6. The van der Waals surface area contributed by atoms with Crippen molar-refractivity contribution in [3.05, 3.63) is 0 Å². The van der Waals surface area contributed by atoms with Crippen LogP contribution in [0.3, 0.4) is 0 Å². The first-order valence-electron chi connectivity index (χ1n) is 19.3. The van der Waals surface area contributed by atoms with Crippen molar-refractivity contribution in [3.63, 3.8) is 0 Å². The van der Waals surface area contributed by atoms with Crippen LogP contribution in [0.25, 0.3) is 0 Å². The highest BCUT2D eigenvalue weighted by atomic mass is 16.7. The number of hydrogen-bond acceptors (Lipinski definition) is 15. The molecule has 0 aromatic carbocycles. The number of aliphatic hydroxyl groups is 6. The lowest BCUT2D eigenvalue weighted by Crippen LogP contribution is -2.60. The zero-order valence-electron chi connectivity index (χ0n) is 34.3. The van der Waals surface area contributed by atoms with Gasteiger partial charge >= 0.3 is 5.97 Å². The van der Waals surface area contributed by atoms with Gasteiger partial charge in [0.25, 0.3) is 0 Å². The second-order valence-corrected chi connectivity index (χ2v) is 17.1. The average molecular weight is 765 g/mol. The number of carbonyl (C=O) groups is 1. The van der Waals surface area contributed by atoms with Crippen LogP contribution in [-0.4, -0.2) is 178 Å². The van der Waals surface area contributed by atoms with Gasteiger partial charge in [-0.05, 0) is 94.8 Å². The Kier molecular flexibility index (Phi) is 16.2. The molecule has 0 unspecified atom stereocenters. The van der Waals surface area contributed by atoms with E-state index in [1.807, 2.05) is 25.9 Å². The summed E-state index contributed by atoms with van der Waals surface area (Å²) in [6.45, 7) is 15.1. The third-order valence-corrected chi connectivity index (χ3v) is 12.4. The molecule has 15 heteroatoms. The van der Waals surface area contributed by atoms with Crippen LogP contribution in [0.5, 0.6) is 0 Å². The molecule has 0 aromatic heterocycles. The molecule has 6 N–H and O–H groups in total.